The molecule has 1 aromatic heterocycles. The molecule has 0 bridgehead atoms. The standard InChI is InChI=1S/C19H24N2O3/c1-23-13-6-7-16-14(8-13)18-17(9-21-16)24-10-15(19(18)22)11-2-4-12(20)5-3-11/h6-9,11-12,15,19,22H,2-5,10,20H2,1H3/t11-,12-,15?,19?. The van der Waals surface area contributed by atoms with Crippen LogP contribution in [0.15, 0.2) is 24.4 Å². The first-order chi connectivity index (χ1) is 11.7. The number of ether oxygens (including phenoxy) is 2. The molecule has 3 N–H and O–H groups in total. The summed E-state index contributed by atoms with van der Waals surface area (Å²) in [5.41, 5.74) is 7.73. The van der Waals surface area contributed by atoms with Gasteiger partial charge in [0.1, 0.15) is 11.5 Å². The summed E-state index contributed by atoms with van der Waals surface area (Å²) in [6.07, 6.45) is 5.38. The Hall–Kier alpha value is -1.85. The summed E-state index contributed by atoms with van der Waals surface area (Å²) >= 11 is 0. The number of benzene rings is 1. The zero-order chi connectivity index (χ0) is 16.7. The Morgan fingerprint density at radius 3 is 2.79 bits per heavy atom. The first kappa shape index (κ1) is 15.7. The molecule has 1 aliphatic carbocycles. The van der Waals surface area contributed by atoms with Gasteiger partial charge in [-0.15, -0.1) is 0 Å². The lowest BCUT2D eigenvalue weighted by molar-refractivity contribution is 0.00703. The van der Waals surface area contributed by atoms with Crippen molar-refractivity contribution >= 4 is 10.9 Å². The molecule has 0 amide bonds. The molecule has 24 heavy (non-hydrogen) atoms. The van der Waals surface area contributed by atoms with Gasteiger partial charge in [-0.05, 0) is 49.8 Å². The van der Waals surface area contributed by atoms with Gasteiger partial charge in [0.2, 0.25) is 0 Å². The molecule has 128 valence electrons. The molecule has 5 heteroatoms. The van der Waals surface area contributed by atoms with E-state index in [0.717, 1.165) is 47.9 Å². The third-order valence-electron chi connectivity index (χ3n) is 5.63. The van der Waals surface area contributed by atoms with Crippen LogP contribution in [0.1, 0.15) is 37.4 Å². The largest absolute Gasteiger partial charge is 0.497 e. The number of hydrogen-bond donors (Lipinski definition) is 2. The molecule has 2 heterocycles. The van der Waals surface area contributed by atoms with Crippen molar-refractivity contribution in [3.05, 3.63) is 30.0 Å². The lowest BCUT2D eigenvalue weighted by atomic mass is 9.74. The van der Waals surface area contributed by atoms with Gasteiger partial charge >= 0.3 is 0 Å². The summed E-state index contributed by atoms with van der Waals surface area (Å²) < 4.78 is 11.3. The quantitative estimate of drug-likeness (QED) is 0.886. The number of nitrogens with two attached hydrogens (primary N) is 1. The molecular formula is C19H24N2O3. The Bertz CT molecular complexity index is 735. The van der Waals surface area contributed by atoms with E-state index in [0.29, 0.717) is 24.3 Å². The Labute approximate surface area is 141 Å². The molecule has 0 saturated heterocycles. The Morgan fingerprint density at radius 2 is 2.04 bits per heavy atom. The van der Waals surface area contributed by atoms with Crippen LogP contribution >= 0.6 is 0 Å². The van der Waals surface area contributed by atoms with E-state index < -0.39 is 6.10 Å². The Balaban J connectivity index is 1.72. The molecule has 2 unspecified atom stereocenters. The van der Waals surface area contributed by atoms with Crippen LogP contribution in [0.2, 0.25) is 0 Å². The van der Waals surface area contributed by atoms with Crippen LogP contribution in [0.3, 0.4) is 0 Å². The molecule has 1 saturated carbocycles. The van der Waals surface area contributed by atoms with E-state index in [1.807, 2.05) is 18.2 Å². The van der Waals surface area contributed by atoms with Crippen LogP contribution in [0, 0.1) is 11.8 Å². The number of aromatic nitrogens is 1. The average Bonchev–Trinajstić information content (AvgIpc) is 2.62. The summed E-state index contributed by atoms with van der Waals surface area (Å²) in [4.78, 5) is 4.44. The van der Waals surface area contributed by atoms with E-state index >= 15 is 0 Å². The van der Waals surface area contributed by atoms with Gasteiger partial charge in [0.25, 0.3) is 0 Å². The summed E-state index contributed by atoms with van der Waals surface area (Å²) in [6.45, 7) is 0.547. The minimum Gasteiger partial charge on any atom is -0.497 e. The third-order valence-corrected chi connectivity index (χ3v) is 5.63. The highest BCUT2D eigenvalue weighted by Gasteiger charge is 2.37. The molecule has 2 atom stereocenters. The molecule has 1 aliphatic heterocycles. The highest BCUT2D eigenvalue weighted by Crippen LogP contribution is 2.45. The molecule has 1 aromatic carbocycles. The van der Waals surface area contributed by atoms with Crippen LogP contribution in [0.25, 0.3) is 10.9 Å². The van der Waals surface area contributed by atoms with E-state index in [2.05, 4.69) is 4.98 Å². The molecule has 2 aliphatic rings. The van der Waals surface area contributed by atoms with Crippen molar-refractivity contribution in [2.75, 3.05) is 13.7 Å². The number of hydrogen-bond acceptors (Lipinski definition) is 5. The van der Waals surface area contributed by atoms with Gasteiger partial charge in [-0.25, -0.2) is 0 Å². The topological polar surface area (TPSA) is 77.6 Å². The molecule has 0 spiro atoms. The highest BCUT2D eigenvalue weighted by molar-refractivity contribution is 5.86. The Kier molecular flexibility index (Phi) is 4.06. The lowest BCUT2D eigenvalue weighted by Gasteiger charge is -2.38. The Morgan fingerprint density at radius 1 is 1.25 bits per heavy atom. The number of aliphatic hydroxyl groups is 1. The average molecular weight is 328 g/mol. The molecule has 5 nitrogen and oxygen atoms in total. The zero-order valence-electron chi connectivity index (χ0n) is 13.9. The van der Waals surface area contributed by atoms with Crippen molar-refractivity contribution in [3.8, 4) is 11.5 Å². The van der Waals surface area contributed by atoms with Crippen LogP contribution in [-0.4, -0.2) is 29.8 Å². The third kappa shape index (κ3) is 2.62. The van der Waals surface area contributed by atoms with E-state index in [4.69, 9.17) is 15.2 Å². The fourth-order valence-electron chi connectivity index (χ4n) is 4.18. The van der Waals surface area contributed by atoms with Crippen molar-refractivity contribution in [2.45, 2.75) is 37.8 Å². The fourth-order valence-corrected chi connectivity index (χ4v) is 4.18. The van der Waals surface area contributed by atoms with Crippen LogP contribution in [-0.2, 0) is 0 Å². The molecule has 2 aromatic rings. The van der Waals surface area contributed by atoms with Crippen molar-refractivity contribution in [2.24, 2.45) is 17.6 Å². The molecular weight excluding hydrogens is 304 g/mol. The van der Waals surface area contributed by atoms with Crippen molar-refractivity contribution in [3.63, 3.8) is 0 Å². The zero-order valence-corrected chi connectivity index (χ0v) is 13.9. The normalized spacial score (nSPS) is 29.8. The van der Waals surface area contributed by atoms with Crippen molar-refractivity contribution in [1.82, 2.24) is 4.98 Å². The lowest BCUT2D eigenvalue weighted by Crippen LogP contribution is -2.36. The monoisotopic (exact) mass is 328 g/mol. The van der Waals surface area contributed by atoms with Gasteiger partial charge in [-0.3, -0.25) is 4.98 Å². The number of fused-ring (bicyclic) bond motifs is 3. The number of aliphatic hydroxyl groups excluding tert-OH is 1. The molecule has 0 radical (unpaired) electrons. The fraction of sp³-hybridized carbons (Fsp3) is 0.526. The molecule has 1 fully saturated rings. The summed E-state index contributed by atoms with van der Waals surface area (Å²) in [5.74, 6) is 2.02. The first-order valence-electron chi connectivity index (χ1n) is 8.70. The highest BCUT2D eigenvalue weighted by atomic mass is 16.5. The molecule has 4 rings (SSSR count). The van der Waals surface area contributed by atoms with Gasteiger partial charge in [0.15, 0.2) is 0 Å². The first-order valence-corrected chi connectivity index (χ1v) is 8.70. The minimum absolute atomic E-state index is 0.113. The van der Waals surface area contributed by atoms with Gasteiger partial charge in [0, 0.05) is 22.9 Å². The summed E-state index contributed by atoms with van der Waals surface area (Å²) in [7, 11) is 1.64. The van der Waals surface area contributed by atoms with Crippen LogP contribution in [0.5, 0.6) is 11.5 Å². The number of nitrogens with zero attached hydrogens (tertiary/aromatic N) is 1. The van der Waals surface area contributed by atoms with Gasteiger partial charge in [-0.1, -0.05) is 0 Å². The van der Waals surface area contributed by atoms with Crippen LogP contribution < -0.4 is 15.2 Å². The number of rotatable bonds is 2. The van der Waals surface area contributed by atoms with E-state index in [9.17, 15) is 5.11 Å². The predicted molar refractivity (Wildman–Crippen MR) is 92.2 cm³/mol. The number of methoxy groups -OCH3 is 1. The summed E-state index contributed by atoms with van der Waals surface area (Å²) in [6, 6.07) is 6.05. The second kappa shape index (κ2) is 6.22. The second-order valence-electron chi connectivity index (χ2n) is 7.01. The van der Waals surface area contributed by atoms with Gasteiger partial charge < -0.3 is 20.3 Å². The predicted octanol–water partition coefficient (Wildman–Crippen LogP) is 2.80. The summed E-state index contributed by atoms with van der Waals surface area (Å²) in [5, 5.41) is 12.0. The minimum atomic E-state index is -0.536. The van der Waals surface area contributed by atoms with Gasteiger partial charge in [0.05, 0.1) is 31.5 Å². The van der Waals surface area contributed by atoms with Crippen molar-refractivity contribution in [1.29, 1.82) is 0 Å². The smallest absolute Gasteiger partial charge is 0.144 e. The maximum atomic E-state index is 11.1. The van der Waals surface area contributed by atoms with Gasteiger partial charge in [-0.2, -0.15) is 0 Å². The SMILES string of the molecule is COc1ccc2ncc3c(c2c1)C(O)C([C@H]1CC[C@H](N)CC1)CO3. The maximum absolute atomic E-state index is 11.1. The van der Waals surface area contributed by atoms with E-state index in [1.165, 1.54) is 0 Å². The second-order valence-corrected chi connectivity index (χ2v) is 7.01. The van der Waals surface area contributed by atoms with Crippen LogP contribution in [0.4, 0.5) is 0 Å². The maximum Gasteiger partial charge on any atom is 0.144 e. The van der Waals surface area contributed by atoms with E-state index in [1.54, 1.807) is 13.3 Å². The van der Waals surface area contributed by atoms with Crippen molar-refractivity contribution < 1.29 is 14.6 Å². The number of pyridine rings is 1. The van der Waals surface area contributed by atoms with E-state index in [-0.39, 0.29) is 5.92 Å².